The molecular formula is C21H22N4O2. The molecule has 0 radical (unpaired) electrons. The van der Waals surface area contributed by atoms with Crippen molar-refractivity contribution in [2.45, 2.75) is 18.6 Å². The van der Waals surface area contributed by atoms with E-state index >= 15 is 0 Å². The van der Waals surface area contributed by atoms with Gasteiger partial charge in [-0.1, -0.05) is 36.4 Å². The number of nitrogens with one attached hydrogen (secondary N) is 1. The van der Waals surface area contributed by atoms with Crippen molar-refractivity contribution in [3.8, 4) is 0 Å². The zero-order valence-electron chi connectivity index (χ0n) is 15.0. The minimum Gasteiger partial charge on any atom is -0.390 e. The molecule has 2 atom stereocenters. The largest absolute Gasteiger partial charge is 0.390 e. The molecule has 2 heterocycles. The Morgan fingerprint density at radius 2 is 1.67 bits per heavy atom. The Kier molecular flexibility index (Phi) is 4.14. The summed E-state index contributed by atoms with van der Waals surface area (Å²) in [7, 11) is 0. The molecule has 5 rings (SSSR count). The van der Waals surface area contributed by atoms with Gasteiger partial charge in [-0.05, 0) is 23.3 Å². The fourth-order valence-corrected chi connectivity index (χ4v) is 3.98. The number of nitrogens with zero attached hydrogens (tertiary/aromatic N) is 3. The number of ether oxygens (including phenoxy) is 1. The van der Waals surface area contributed by atoms with Crippen LogP contribution >= 0.6 is 0 Å². The number of fused-ring (bicyclic) bond motifs is 2. The number of aromatic nitrogens is 2. The third kappa shape index (κ3) is 3.01. The van der Waals surface area contributed by atoms with Crippen LogP contribution < -0.4 is 10.2 Å². The van der Waals surface area contributed by atoms with Gasteiger partial charge in [0.1, 0.15) is 0 Å². The van der Waals surface area contributed by atoms with Crippen LogP contribution in [0.2, 0.25) is 0 Å². The van der Waals surface area contributed by atoms with Gasteiger partial charge in [-0.15, -0.1) is 0 Å². The van der Waals surface area contributed by atoms with Crippen molar-refractivity contribution in [1.29, 1.82) is 0 Å². The number of hydrogen-bond donors (Lipinski definition) is 2. The predicted octanol–water partition coefficient (Wildman–Crippen LogP) is 2.54. The topological polar surface area (TPSA) is 70.5 Å². The molecule has 0 saturated carbocycles. The molecule has 0 amide bonds. The van der Waals surface area contributed by atoms with Crippen LogP contribution in [-0.2, 0) is 11.2 Å². The molecule has 1 aliphatic heterocycles. The zero-order valence-corrected chi connectivity index (χ0v) is 15.0. The minimum atomic E-state index is -0.479. The first-order valence-corrected chi connectivity index (χ1v) is 9.41. The van der Waals surface area contributed by atoms with Gasteiger partial charge in [-0.3, -0.25) is 0 Å². The number of aliphatic hydroxyl groups is 1. The number of rotatable bonds is 3. The number of para-hydroxylation sites is 2. The number of anilines is 2. The van der Waals surface area contributed by atoms with Crippen molar-refractivity contribution in [2.24, 2.45) is 0 Å². The fraction of sp³-hybridized carbons (Fsp3) is 0.333. The van der Waals surface area contributed by atoms with Crippen molar-refractivity contribution in [1.82, 2.24) is 9.97 Å². The zero-order chi connectivity index (χ0) is 18.2. The number of benzene rings is 2. The Morgan fingerprint density at radius 3 is 2.48 bits per heavy atom. The summed E-state index contributed by atoms with van der Waals surface area (Å²) in [5.74, 6) is 1.55. The van der Waals surface area contributed by atoms with Gasteiger partial charge >= 0.3 is 0 Å². The van der Waals surface area contributed by atoms with Crippen LogP contribution in [0.5, 0.6) is 0 Å². The summed E-state index contributed by atoms with van der Waals surface area (Å²) in [5, 5.41) is 14.1. The maximum Gasteiger partial charge on any atom is 0.172 e. The molecule has 1 aliphatic carbocycles. The van der Waals surface area contributed by atoms with Crippen LogP contribution in [-0.4, -0.2) is 47.5 Å². The molecule has 27 heavy (non-hydrogen) atoms. The first kappa shape index (κ1) is 16.5. The standard InChI is InChI=1S/C21H22N4O2/c26-18-13-14-5-1-2-6-15(14)19(18)24-20-21(25-9-11-27-12-10-25)23-17-8-4-3-7-16(17)22-20/h1-8,18-19,26H,9-13H2,(H,22,24)/t18-,19+/m1/s1. The van der Waals surface area contributed by atoms with Crippen molar-refractivity contribution < 1.29 is 9.84 Å². The van der Waals surface area contributed by atoms with Crippen molar-refractivity contribution >= 4 is 22.7 Å². The lowest BCUT2D eigenvalue weighted by Crippen LogP contribution is -2.37. The van der Waals surface area contributed by atoms with Gasteiger partial charge in [-0.25, -0.2) is 9.97 Å². The molecule has 0 spiro atoms. The molecule has 0 unspecified atom stereocenters. The van der Waals surface area contributed by atoms with Crippen LogP contribution in [0.1, 0.15) is 17.2 Å². The number of morpholine rings is 1. The summed E-state index contributed by atoms with van der Waals surface area (Å²) in [6.07, 6.45) is 0.176. The molecular weight excluding hydrogens is 340 g/mol. The van der Waals surface area contributed by atoms with Gasteiger partial charge in [0, 0.05) is 19.5 Å². The molecule has 138 valence electrons. The monoisotopic (exact) mass is 362 g/mol. The van der Waals surface area contributed by atoms with Crippen molar-refractivity contribution in [3.63, 3.8) is 0 Å². The van der Waals surface area contributed by atoms with Crippen molar-refractivity contribution in [3.05, 3.63) is 59.7 Å². The second kappa shape index (κ2) is 6.79. The summed E-state index contributed by atoms with van der Waals surface area (Å²) < 4.78 is 5.50. The molecule has 6 heteroatoms. The first-order chi connectivity index (χ1) is 13.3. The van der Waals surface area contributed by atoms with Gasteiger partial charge in [0.05, 0.1) is 36.4 Å². The third-order valence-electron chi connectivity index (χ3n) is 5.36. The van der Waals surface area contributed by atoms with E-state index in [1.165, 1.54) is 5.56 Å². The van der Waals surface area contributed by atoms with Gasteiger partial charge in [0.15, 0.2) is 11.6 Å². The lowest BCUT2D eigenvalue weighted by molar-refractivity contribution is 0.122. The molecule has 1 aromatic heterocycles. The van der Waals surface area contributed by atoms with E-state index in [4.69, 9.17) is 14.7 Å². The molecule has 2 aromatic carbocycles. The van der Waals surface area contributed by atoms with E-state index in [9.17, 15) is 5.11 Å². The van der Waals surface area contributed by atoms with E-state index in [1.54, 1.807) is 0 Å². The molecule has 1 saturated heterocycles. The molecule has 0 bridgehead atoms. The summed E-state index contributed by atoms with van der Waals surface area (Å²) in [5.41, 5.74) is 4.03. The van der Waals surface area contributed by atoms with Gasteiger partial charge < -0.3 is 20.1 Å². The van der Waals surface area contributed by atoms with E-state index in [0.29, 0.717) is 19.6 Å². The summed E-state index contributed by atoms with van der Waals surface area (Å²) in [6, 6.07) is 15.9. The maximum atomic E-state index is 10.6. The third-order valence-corrected chi connectivity index (χ3v) is 5.36. The van der Waals surface area contributed by atoms with E-state index in [-0.39, 0.29) is 6.04 Å². The van der Waals surface area contributed by atoms with E-state index < -0.39 is 6.10 Å². The van der Waals surface area contributed by atoms with Gasteiger partial charge in [0.2, 0.25) is 0 Å². The molecule has 6 nitrogen and oxygen atoms in total. The van der Waals surface area contributed by atoms with Gasteiger partial charge in [0.25, 0.3) is 0 Å². The van der Waals surface area contributed by atoms with Crippen LogP contribution in [0, 0.1) is 0 Å². The van der Waals surface area contributed by atoms with Crippen LogP contribution in [0.15, 0.2) is 48.5 Å². The Hall–Kier alpha value is -2.70. The highest BCUT2D eigenvalue weighted by atomic mass is 16.5. The summed E-state index contributed by atoms with van der Waals surface area (Å²) in [6.45, 7) is 2.93. The SMILES string of the molecule is O[C@@H]1Cc2ccccc2[C@@H]1Nc1nc2ccccc2nc1N1CCOCC1. The average molecular weight is 362 g/mol. The number of hydrogen-bond acceptors (Lipinski definition) is 6. The average Bonchev–Trinajstić information content (AvgIpc) is 3.03. The predicted molar refractivity (Wildman–Crippen MR) is 105 cm³/mol. The lowest BCUT2D eigenvalue weighted by atomic mass is 10.1. The highest BCUT2D eigenvalue weighted by Crippen LogP contribution is 2.36. The highest BCUT2D eigenvalue weighted by molar-refractivity contribution is 5.80. The van der Waals surface area contributed by atoms with E-state index in [1.807, 2.05) is 36.4 Å². The maximum absolute atomic E-state index is 10.6. The van der Waals surface area contributed by atoms with Gasteiger partial charge in [-0.2, -0.15) is 0 Å². The number of aliphatic hydroxyl groups excluding tert-OH is 1. The molecule has 2 aliphatic rings. The Morgan fingerprint density at radius 1 is 0.963 bits per heavy atom. The highest BCUT2D eigenvalue weighted by Gasteiger charge is 2.32. The second-order valence-electron chi connectivity index (χ2n) is 7.08. The first-order valence-electron chi connectivity index (χ1n) is 9.41. The fourth-order valence-electron chi connectivity index (χ4n) is 3.98. The Balaban J connectivity index is 1.57. The van der Waals surface area contributed by atoms with Crippen LogP contribution in [0.3, 0.4) is 0 Å². The van der Waals surface area contributed by atoms with Crippen LogP contribution in [0.25, 0.3) is 11.0 Å². The lowest BCUT2D eigenvalue weighted by Gasteiger charge is -2.30. The summed E-state index contributed by atoms with van der Waals surface area (Å²) >= 11 is 0. The Labute approximate surface area is 157 Å². The molecule has 1 fully saturated rings. The second-order valence-corrected chi connectivity index (χ2v) is 7.08. The van der Waals surface area contributed by atoms with E-state index in [0.717, 1.165) is 41.3 Å². The van der Waals surface area contributed by atoms with E-state index in [2.05, 4.69) is 22.3 Å². The smallest absolute Gasteiger partial charge is 0.172 e. The van der Waals surface area contributed by atoms with Crippen molar-refractivity contribution in [2.75, 3.05) is 36.5 Å². The molecule has 2 N–H and O–H groups in total. The quantitative estimate of drug-likeness (QED) is 0.746. The molecule has 3 aromatic rings. The van der Waals surface area contributed by atoms with Crippen LogP contribution in [0.4, 0.5) is 11.6 Å². The Bertz CT molecular complexity index is 971. The minimum absolute atomic E-state index is 0.184. The normalized spacial score (nSPS) is 22.0. The summed E-state index contributed by atoms with van der Waals surface area (Å²) in [4.78, 5) is 11.9.